The number of aliphatic hydroxyl groups excluding tert-OH is 1. The Labute approximate surface area is 80.5 Å². The second-order valence-electron chi connectivity index (χ2n) is 3.86. The fourth-order valence-corrected chi connectivity index (χ4v) is 1.61. The molecule has 1 aliphatic rings. The highest BCUT2D eigenvalue weighted by Crippen LogP contribution is 2.05. The highest BCUT2D eigenvalue weighted by molar-refractivity contribution is 4.69. The van der Waals surface area contributed by atoms with Gasteiger partial charge in [0.1, 0.15) is 0 Å². The van der Waals surface area contributed by atoms with Crippen molar-refractivity contribution in [3.63, 3.8) is 0 Å². The van der Waals surface area contributed by atoms with Crippen LogP contribution < -0.4 is 5.32 Å². The molecule has 0 aromatic heterocycles. The van der Waals surface area contributed by atoms with Gasteiger partial charge < -0.3 is 15.2 Å². The molecule has 1 aliphatic heterocycles. The maximum absolute atomic E-state index is 9.04. The summed E-state index contributed by atoms with van der Waals surface area (Å²) in [6, 6.07) is 0.544. The summed E-state index contributed by atoms with van der Waals surface area (Å²) in [5, 5.41) is 12.5. The van der Waals surface area contributed by atoms with Crippen molar-refractivity contribution in [3.8, 4) is 0 Å². The number of nitrogens with one attached hydrogen (secondary N) is 1. The van der Waals surface area contributed by atoms with Crippen LogP contribution in [0.1, 0.15) is 32.6 Å². The van der Waals surface area contributed by atoms with Crippen LogP contribution >= 0.6 is 0 Å². The summed E-state index contributed by atoms with van der Waals surface area (Å²) in [7, 11) is 0. The van der Waals surface area contributed by atoms with Gasteiger partial charge in [0.15, 0.2) is 0 Å². The van der Waals surface area contributed by atoms with Crippen molar-refractivity contribution in [3.05, 3.63) is 0 Å². The first-order chi connectivity index (χ1) is 6.29. The Morgan fingerprint density at radius 3 is 3.08 bits per heavy atom. The Kier molecular flexibility index (Phi) is 5.35. The van der Waals surface area contributed by atoms with Crippen LogP contribution in [0.15, 0.2) is 0 Å². The topological polar surface area (TPSA) is 41.5 Å². The molecule has 0 aliphatic carbocycles. The summed E-state index contributed by atoms with van der Waals surface area (Å²) >= 11 is 0. The van der Waals surface area contributed by atoms with E-state index < -0.39 is 0 Å². The first-order valence-electron chi connectivity index (χ1n) is 5.28. The molecule has 1 heterocycles. The molecule has 3 heteroatoms. The highest BCUT2D eigenvalue weighted by atomic mass is 16.5. The van der Waals surface area contributed by atoms with Crippen molar-refractivity contribution in [1.29, 1.82) is 0 Å². The maximum Gasteiger partial charge on any atom is 0.0619 e. The Morgan fingerprint density at radius 2 is 2.46 bits per heavy atom. The molecule has 3 nitrogen and oxygen atoms in total. The van der Waals surface area contributed by atoms with Crippen molar-refractivity contribution >= 4 is 0 Å². The number of ether oxygens (including phenoxy) is 1. The molecule has 0 amide bonds. The van der Waals surface area contributed by atoms with Crippen LogP contribution in [-0.2, 0) is 4.74 Å². The third-order valence-corrected chi connectivity index (χ3v) is 2.39. The van der Waals surface area contributed by atoms with Crippen LogP contribution in [0.25, 0.3) is 0 Å². The smallest absolute Gasteiger partial charge is 0.0619 e. The van der Waals surface area contributed by atoms with Gasteiger partial charge in [0, 0.05) is 12.6 Å². The van der Waals surface area contributed by atoms with Gasteiger partial charge in [-0.05, 0) is 39.2 Å². The molecule has 0 aromatic carbocycles. The van der Waals surface area contributed by atoms with E-state index in [0.717, 1.165) is 32.6 Å². The average molecular weight is 187 g/mol. The summed E-state index contributed by atoms with van der Waals surface area (Å²) in [6.45, 7) is 4.61. The fraction of sp³-hybridized carbons (Fsp3) is 1.00. The van der Waals surface area contributed by atoms with Crippen LogP contribution in [0.4, 0.5) is 0 Å². The molecular weight excluding hydrogens is 166 g/mol. The highest BCUT2D eigenvalue weighted by Gasteiger charge is 2.12. The van der Waals surface area contributed by atoms with E-state index in [0.29, 0.717) is 6.04 Å². The number of aliphatic hydroxyl groups is 1. The molecule has 2 N–H and O–H groups in total. The number of hydrogen-bond donors (Lipinski definition) is 2. The predicted molar refractivity (Wildman–Crippen MR) is 52.8 cm³/mol. The number of rotatable bonds is 5. The van der Waals surface area contributed by atoms with E-state index in [9.17, 15) is 0 Å². The van der Waals surface area contributed by atoms with Gasteiger partial charge in [-0.3, -0.25) is 0 Å². The zero-order valence-corrected chi connectivity index (χ0v) is 8.46. The lowest BCUT2D eigenvalue weighted by molar-refractivity contribution is 0.0700. The largest absolute Gasteiger partial charge is 0.393 e. The summed E-state index contributed by atoms with van der Waals surface area (Å²) in [6.07, 6.45) is 4.18. The van der Waals surface area contributed by atoms with Crippen molar-refractivity contribution < 1.29 is 9.84 Å². The van der Waals surface area contributed by atoms with Crippen LogP contribution in [0, 0.1) is 0 Å². The summed E-state index contributed by atoms with van der Waals surface area (Å²) in [5.74, 6) is 0. The molecule has 1 rings (SSSR count). The van der Waals surface area contributed by atoms with Crippen molar-refractivity contribution in [2.45, 2.75) is 44.8 Å². The minimum atomic E-state index is -0.163. The lowest BCUT2D eigenvalue weighted by atomic mass is 10.1. The summed E-state index contributed by atoms with van der Waals surface area (Å²) in [5.41, 5.74) is 0. The number of hydrogen-bond acceptors (Lipinski definition) is 3. The second kappa shape index (κ2) is 6.35. The van der Waals surface area contributed by atoms with Crippen LogP contribution in [0.5, 0.6) is 0 Å². The normalized spacial score (nSPS) is 25.8. The van der Waals surface area contributed by atoms with E-state index in [4.69, 9.17) is 9.84 Å². The van der Waals surface area contributed by atoms with Gasteiger partial charge in [-0.15, -0.1) is 0 Å². The van der Waals surface area contributed by atoms with E-state index >= 15 is 0 Å². The second-order valence-corrected chi connectivity index (χ2v) is 3.86. The molecular formula is C10H21NO2. The molecule has 1 saturated heterocycles. The van der Waals surface area contributed by atoms with Crippen molar-refractivity contribution in [2.24, 2.45) is 0 Å². The zero-order valence-electron chi connectivity index (χ0n) is 8.46. The van der Waals surface area contributed by atoms with E-state index in [-0.39, 0.29) is 6.10 Å². The van der Waals surface area contributed by atoms with Gasteiger partial charge in [-0.2, -0.15) is 0 Å². The van der Waals surface area contributed by atoms with Crippen LogP contribution in [0.3, 0.4) is 0 Å². The zero-order chi connectivity index (χ0) is 9.52. The third kappa shape index (κ3) is 5.24. The molecule has 1 fully saturated rings. The minimum Gasteiger partial charge on any atom is -0.393 e. The molecule has 0 bridgehead atoms. The van der Waals surface area contributed by atoms with E-state index in [1.807, 2.05) is 6.92 Å². The monoisotopic (exact) mass is 187 g/mol. The minimum absolute atomic E-state index is 0.163. The predicted octanol–water partition coefficient (Wildman–Crippen LogP) is 0.916. The molecule has 0 aromatic rings. The molecule has 78 valence electrons. The van der Waals surface area contributed by atoms with Gasteiger partial charge in [-0.25, -0.2) is 0 Å². The van der Waals surface area contributed by atoms with Gasteiger partial charge in [-0.1, -0.05) is 0 Å². The first-order valence-corrected chi connectivity index (χ1v) is 5.28. The molecule has 0 saturated carbocycles. The van der Waals surface area contributed by atoms with E-state index in [2.05, 4.69) is 5.32 Å². The third-order valence-electron chi connectivity index (χ3n) is 2.39. The maximum atomic E-state index is 9.04. The quantitative estimate of drug-likeness (QED) is 0.629. The van der Waals surface area contributed by atoms with E-state index in [1.54, 1.807) is 0 Å². The average Bonchev–Trinajstić information content (AvgIpc) is 2.14. The molecule has 0 spiro atoms. The Morgan fingerprint density at radius 1 is 1.62 bits per heavy atom. The lowest BCUT2D eigenvalue weighted by Crippen LogP contribution is -2.37. The molecule has 2 atom stereocenters. The standard InChI is InChI=1S/C10H21NO2/c1-9(12)4-2-6-11-10-5-3-7-13-8-10/h9-12H,2-8H2,1H3. The first kappa shape index (κ1) is 11.0. The van der Waals surface area contributed by atoms with Gasteiger partial charge >= 0.3 is 0 Å². The van der Waals surface area contributed by atoms with Crippen molar-refractivity contribution in [2.75, 3.05) is 19.8 Å². The van der Waals surface area contributed by atoms with E-state index in [1.165, 1.54) is 12.8 Å². The SMILES string of the molecule is CC(O)CCCNC1CCCOC1. The fourth-order valence-electron chi connectivity index (χ4n) is 1.61. The van der Waals surface area contributed by atoms with Gasteiger partial charge in [0.2, 0.25) is 0 Å². The van der Waals surface area contributed by atoms with Crippen molar-refractivity contribution in [1.82, 2.24) is 5.32 Å². The molecule has 2 unspecified atom stereocenters. The Balaban J connectivity index is 1.92. The summed E-state index contributed by atoms with van der Waals surface area (Å²) < 4.78 is 5.35. The molecule has 0 radical (unpaired) electrons. The Bertz CT molecular complexity index is 122. The Hall–Kier alpha value is -0.120. The van der Waals surface area contributed by atoms with Crippen LogP contribution in [-0.4, -0.2) is 37.0 Å². The van der Waals surface area contributed by atoms with Gasteiger partial charge in [0.25, 0.3) is 0 Å². The lowest BCUT2D eigenvalue weighted by Gasteiger charge is -2.23. The van der Waals surface area contributed by atoms with Crippen LogP contribution in [0.2, 0.25) is 0 Å². The van der Waals surface area contributed by atoms with Gasteiger partial charge in [0.05, 0.1) is 12.7 Å². The summed E-state index contributed by atoms with van der Waals surface area (Å²) in [4.78, 5) is 0. The molecule has 13 heavy (non-hydrogen) atoms.